The number of hydrogen-bond acceptors (Lipinski definition) is 5. The van der Waals surface area contributed by atoms with Crippen molar-refractivity contribution >= 4 is 29.2 Å². The van der Waals surface area contributed by atoms with Gasteiger partial charge < -0.3 is 20.1 Å². The number of carbonyl (C=O) groups is 3. The molecule has 0 aromatic heterocycles. The maximum Gasteiger partial charge on any atom is 0.315 e. The third kappa shape index (κ3) is 6.34. The number of rotatable bonds is 7. The number of nitrogens with one attached hydrogen (secondary N) is 2. The topological polar surface area (TPSA) is 93.7 Å². The summed E-state index contributed by atoms with van der Waals surface area (Å²) < 4.78 is 9.79. The number of anilines is 2. The Hall–Kier alpha value is -3.35. The number of ether oxygens (including phenoxy) is 2. The SMILES string of the molecule is COC(=O)CC(=O)Nc1cccc(NC(=O)COc2ccccc2)c1. The normalized spacial score (nSPS) is 9.80. The lowest BCUT2D eigenvalue weighted by Gasteiger charge is -2.09. The molecule has 0 spiro atoms. The minimum atomic E-state index is -0.625. The monoisotopic (exact) mass is 342 g/mol. The molecule has 0 aliphatic carbocycles. The highest BCUT2D eigenvalue weighted by atomic mass is 16.5. The average Bonchev–Trinajstić information content (AvgIpc) is 2.61. The van der Waals surface area contributed by atoms with Gasteiger partial charge in [-0.25, -0.2) is 0 Å². The maximum atomic E-state index is 11.9. The minimum Gasteiger partial charge on any atom is -0.484 e. The predicted molar refractivity (Wildman–Crippen MR) is 92.3 cm³/mol. The van der Waals surface area contributed by atoms with Gasteiger partial charge in [0, 0.05) is 11.4 Å². The minimum absolute atomic E-state index is 0.136. The quantitative estimate of drug-likeness (QED) is 0.594. The molecule has 0 aliphatic rings. The first-order chi connectivity index (χ1) is 12.1. The first-order valence-electron chi connectivity index (χ1n) is 7.51. The molecular weight excluding hydrogens is 324 g/mol. The van der Waals surface area contributed by atoms with Crippen molar-refractivity contribution in [2.45, 2.75) is 6.42 Å². The van der Waals surface area contributed by atoms with E-state index in [1.165, 1.54) is 7.11 Å². The molecule has 130 valence electrons. The van der Waals surface area contributed by atoms with Gasteiger partial charge in [-0.2, -0.15) is 0 Å². The van der Waals surface area contributed by atoms with E-state index in [0.29, 0.717) is 17.1 Å². The van der Waals surface area contributed by atoms with E-state index in [-0.39, 0.29) is 18.9 Å². The largest absolute Gasteiger partial charge is 0.484 e. The predicted octanol–water partition coefficient (Wildman–Crippen LogP) is 2.21. The van der Waals surface area contributed by atoms with Gasteiger partial charge in [-0.1, -0.05) is 24.3 Å². The van der Waals surface area contributed by atoms with Crippen molar-refractivity contribution in [1.82, 2.24) is 0 Å². The molecule has 2 N–H and O–H groups in total. The van der Waals surface area contributed by atoms with E-state index in [1.807, 2.05) is 18.2 Å². The molecule has 0 saturated carbocycles. The van der Waals surface area contributed by atoms with Crippen molar-refractivity contribution in [3.8, 4) is 5.75 Å². The summed E-state index contributed by atoms with van der Waals surface area (Å²) in [6, 6.07) is 15.6. The van der Waals surface area contributed by atoms with E-state index in [2.05, 4.69) is 15.4 Å². The van der Waals surface area contributed by atoms with Crippen molar-refractivity contribution < 1.29 is 23.9 Å². The van der Waals surface area contributed by atoms with Crippen molar-refractivity contribution in [2.75, 3.05) is 24.4 Å². The molecule has 7 heteroatoms. The highest BCUT2D eigenvalue weighted by molar-refractivity contribution is 6.02. The van der Waals surface area contributed by atoms with E-state index in [4.69, 9.17) is 4.74 Å². The second-order valence-corrected chi connectivity index (χ2v) is 5.03. The summed E-state index contributed by atoms with van der Waals surface area (Å²) in [5.41, 5.74) is 0.952. The van der Waals surface area contributed by atoms with Gasteiger partial charge in [0.15, 0.2) is 6.61 Å². The number of carbonyl (C=O) groups excluding carboxylic acids is 3. The molecule has 25 heavy (non-hydrogen) atoms. The third-order valence-corrected chi connectivity index (χ3v) is 3.08. The summed E-state index contributed by atoms with van der Waals surface area (Å²) in [6.07, 6.45) is -0.377. The number of esters is 1. The maximum absolute atomic E-state index is 11.9. The Balaban J connectivity index is 1.86. The van der Waals surface area contributed by atoms with Gasteiger partial charge in [-0.15, -0.1) is 0 Å². The number of para-hydroxylation sites is 1. The molecule has 0 atom stereocenters. The summed E-state index contributed by atoms with van der Waals surface area (Å²) in [6.45, 7) is -0.136. The molecule has 2 amide bonds. The van der Waals surface area contributed by atoms with Gasteiger partial charge in [0.25, 0.3) is 5.91 Å². The van der Waals surface area contributed by atoms with Crippen LogP contribution in [-0.2, 0) is 19.1 Å². The van der Waals surface area contributed by atoms with E-state index >= 15 is 0 Å². The van der Waals surface area contributed by atoms with Gasteiger partial charge in [0.05, 0.1) is 7.11 Å². The lowest BCUT2D eigenvalue weighted by atomic mass is 10.2. The Bertz CT molecular complexity index is 746. The molecule has 2 aromatic rings. The van der Waals surface area contributed by atoms with Crippen LogP contribution in [0.2, 0.25) is 0 Å². The zero-order valence-electron chi connectivity index (χ0n) is 13.7. The third-order valence-electron chi connectivity index (χ3n) is 3.08. The number of amides is 2. The van der Waals surface area contributed by atoms with E-state index in [1.54, 1.807) is 36.4 Å². The molecular formula is C18H18N2O5. The molecule has 0 radical (unpaired) electrons. The molecule has 0 heterocycles. The first kappa shape index (κ1) is 18.0. The molecule has 0 unspecified atom stereocenters. The number of benzene rings is 2. The molecule has 0 aliphatic heterocycles. The van der Waals surface area contributed by atoms with Crippen LogP contribution < -0.4 is 15.4 Å². The van der Waals surface area contributed by atoms with Crippen LogP contribution in [0.25, 0.3) is 0 Å². The Morgan fingerprint density at radius 2 is 1.52 bits per heavy atom. The number of methoxy groups -OCH3 is 1. The average molecular weight is 342 g/mol. The van der Waals surface area contributed by atoms with Crippen molar-refractivity contribution in [3.63, 3.8) is 0 Å². The fourth-order valence-electron chi connectivity index (χ4n) is 1.95. The molecule has 7 nitrogen and oxygen atoms in total. The van der Waals surface area contributed by atoms with Crippen LogP contribution in [-0.4, -0.2) is 31.5 Å². The smallest absolute Gasteiger partial charge is 0.315 e. The zero-order valence-corrected chi connectivity index (χ0v) is 13.7. The number of hydrogen-bond donors (Lipinski definition) is 2. The molecule has 2 rings (SSSR count). The molecule has 0 saturated heterocycles. The van der Waals surface area contributed by atoms with Gasteiger partial charge in [0.1, 0.15) is 12.2 Å². The van der Waals surface area contributed by atoms with Crippen LogP contribution in [0.4, 0.5) is 11.4 Å². The second-order valence-electron chi connectivity index (χ2n) is 5.03. The lowest BCUT2D eigenvalue weighted by molar-refractivity contribution is -0.142. The van der Waals surface area contributed by atoms with E-state index < -0.39 is 11.9 Å². The highest BCUT2D eigenvalue weighted by Crippen LogP contribution is 2.15. The molecule has 0 fully saturated rings. The Morgan fingerprint density at radius 3 is 2.16 bits per heavy atom. The van der Waals surface area contributed by atoms with E-state index in [0.717, 1.165) is 0 Å². The highest BCUT2D eigenvalue weighted by Gasteiger charge is 2.10. The van der Waals surface area contributed by atoms with Crippen molar-refractivity contribution in [1.29, 1.82) is 0 Å². The Labute approximate surface area is 144 Å². The van der Waals surface area contributed by atoms with E-state index in [9.17, 15) is 14.4 Å². The van der Waals surface area contributed by atoms with Gasteiger partial charge >= 0.3 is 5.97 Å². The van der Waals surface area contributed by atoms with Gasteiger partial charge in [0.2, 0.25) is 5.91 Å². The van der Waals surface area contributed by atoms with Crippen LogP contribution in [0.1, 0.15) is 6.42 Å². The van der Waals surface area contributed by atoms with Crippen LogP contribution in [0.15, 0.2) is 54.6 Å². The van der Waals surface area contributed by atoms with Crippen molar-refractivity contribution in [3.05, 3.63) is 54.6 Å². The standard InChI is InChI=1S/C18H18N2O5/c1-24-18(23)11-16(21)19-13-6-5-7-14(10-13)20-17(22)12-25-15-8-3-2-4-9-15/h2-10H,11-12H2,1H3,(H,19,21)(H,20,22). The Morgan fingerprint density at radius 1 is 0.880 bits per heavy atom. The summed E-state index contributed by atoms with van der Waals surface area (Å²) in [4.78, 5) is 34.6. The van der Waals surface area contributed by atoms with Gasteiger partial charge in [-0.3, -0.25) is 14.4 Å². The van der Waals surface area contributed by atoms with Crippen LogP contribution in [0, 0.1) is 0 Å². The van der Waals surface area contributed by atoms with Crippen LogP contribution >= 0.6 is 0 Å². The van der Waals surface area contributed by atoms with Gasteiger partial charge in [-0.05, 0) is 30.3 Å². The zero-order chi connectivity index (χ0) is 18.1. The summed E-state index contributed by atoms with van der Waals surface area (Å²) in [5, 5.41) is 5.23. The molecule has 0 bridgehead atoms. The van der Waals surface area contributed by atoms with Crippen LogP contribution in [0.5, 0.6) is 5.75 Å². The summed E-state index contributed by atoms with van der Waals surface area (Å²) in [5.74, 6) is -0.855. The second kappa shape index (κ2) is 9.07. The van der Waals surface area contributed by atoms with Crippen LogP contribution in [0.3, 0.4) is 0 Å². The lowest BCUT2D eigenvalue weighted by Crippen LogP contribution is -2.20. The molecule has 2 aromatic carbocycles. The first-order valence-corrected chi connectivity index (χ1v) is 7.51. The summed E-state index contributed by atoms with van der Waals surface area (Å²) in [7, 11) is 1.21. The Kier molecular flexibility index (Phi) is 6.53. The summed E-state index contributed by atoms with van der Waals surface area (Å²) >= 11 is 0. The fraction of sp³-hybridized carbons (Fsp3) is 0.167. The van der Waals surface area contributed by atoms with Crippen molar-refractivity contribution in [2.24, 2.45) is 0 Å². The fourth-order valence-corrected chi connectivity index (χ4v) is 1.95.